The van der Waals surface area contributed by atoms with Crippen LogP contribution in [0.1, 0.15) is 27.2 Å². The van der Waals surface area contributed by atoms with Crippen LogP contribution in [0.3, 0.4) is 0 Å². The van der Waals surface area contributed by atoms with Gasteiger partial charge in [-0.2, -0.15) is 18.3 Å². The van der Waals surface area contributed by atoms with Gasteiger partial charge in [0.2, 0.25) is 0 Å². The maximum Gasteiger partial charge on any atom is 0.412 e. The highest BCUT2D eigenvalue weighted by Gasteiger charge is 2.27. The molecule has 1 amide bonds. The first-order valence-corrected chi connectivity index (χ1v) is 6.14. The average Bonchev–Trinajstić information content (AvgIpc) is 2.54. The van der Waals surface area contributed by atoms with Crippen molar-refractivity contribution in [3.05, 3.63) is 11.3 Å². The number of alkyl halides is 3. The van der Waals surface area contributed by atoms with Crippen LogP contribution in [0.5, 0.6) is 0 Å². The number of halogens is 4. The molecular weight excluding hydrogens is 299 g/mol. The van der Waals surface area contributed by atoms with Crippen molar-refractivity contribution in [2.24, 2.45) is 0 Å². The molecule has 1 rings (SSSR count). The Morgan fingerprint density at radius 2 is 2.05 bits per heavy atom. The fraction of sp³-hybridized carbons (Fsp3) is 0.636. The van der Waals surface area contributed by atoms with Gasteiger partial charge < -0.3 is 4.74 Å². The molecule has 9 heteroatoms. The lowest BCUT2D eigenvalue weighted by atomic mass is 10.2. The Morgan fingerprint density at radius 1 is 1.45 bits per heavy atom. The van der Waals surface area contributed by atoms with Gasteiger partial charge >= 0.3 is 12.3 Å². The molecule has 1 N–H and O–H groups in total. The van der Waals surface area contributed by atoms with E-state index >= 15 is 0 Å². The number of rotatable bonds is 3. The fourth-order valence-corrected chi connectivity index (χ4v) is 1.48. The Bertz CT molecular complexity index is 480. The van der Waals surface area contributed by atoms with Gasteiger partial charge in [-0.1, -0.05) is 11.6 Å². The summed E-state index contributed by atoms with van der Waals surface area (Å²) in [5, 5.41) is 5.93. The number of hydrogen-bond donors (Lipinski definition) is 1. The molecule has 0 aliphatic rings. The standard InChI is InChI=1S/C11H15ClF3N3O2/c1-10(2,3)20-9(19)17-7-6-16-18(8(7)12)5-4-11(13,14)15/h6H,4-5H2,1-3H3,(H,17,19). The zero-order valence-corrected chi connectivity index (χ0v) is 12.0. The number of nitrogens with zero attached hydrogens (tertiary/aromatic N) is 2. The molecule has 0 atom stereocenters. The Hall–Kier alpha value is -1.44. The highest BCUT2D eigenvalue weighted by Crippen LogP contribution is 2.25. The van der Waals surface area contributed by atoms with Crippen molar-refractivity contribution in [3.63, 3.8) is 0 Å². The maximum absolute atomic E-state index is 12.1. The van der Waals surface area contributed by atoms with Crippen molar-refractivity contribution in [1.29, 1.82) is 0 Å². The topological polar surface area (TPSA) is 56.1 Å². The summed E-state index contributed by atoms with van der Waals surface area (Å²) in [7, 11) is 0. The van der Waals surface area contributed by atoms with E-state index in [4.69, 9.17) is 16.3 Å². The average molecular weight is 314 g/mol. The Labute approximate surface area is 119 Å². The fourth-order valence-electron chi connectivity index (χ4n) is 1.26. The van der Waals surface area contributed by atoms with E-state index in [1.807, 2.05) is 0 Å². The van der Waals surface area contributed by atoms with Crippen molar-refractivity contribution >= 4 is 23.4 Å². The summed E-state index contributed by atoms with van der Waals surface area (Å²) in [6.45, 7) is 4.63. The quantitative estimate of drug-likeness (QED) is 0.922. The minimum atomic E-state index is -4.30. The van der Waals surface area contributed by atoms with E-state index in [1.54, 1.807) is 20.8 Å². The summed E-state index contributed by atoms with van der Waals surface area (Å²) in [4.78, 5) is 11.5. The van der Waals surface area contributed by atoms with Crippen LogP contribution >= 0.6 is 11.6 Å². The summed E-state index contributed by atoms with van der Waals surface area (Å²) in [6.07, 6.45) is -4.94. The first-order valence-electron chi connectivity index (χ1n) is 5.76. The molecule has 0 bridgehead atoms. The number of ether oxygens (including phenoxy) is 1. The first-order chi connectivity index (χ1) is 8.98. The summed E-state index contributed by atoms with van der Waals surface area (Å²) in [6, 6.07) is 0. The number of nitrogens with one attached hydrogen (secondary N) is 1. The number of amides is 1. The van der Waals surface area contributed by atoms with E-state index in [0.29, 0.717) is 0 Å². The van der Waals surface area contributed by atoms with Crippen molar-refractivity contribution in [2.45, 2.75) is 45.5 Å². The number of anilines is 1. The van der Waals surface area contributed by atoms with Crippen LogP contribution in [0.2, 0.25) is 5.15 Å². The van der Waals surface area contributed by atoms with Crippen LogP contribution in [-0.4, -0.2) is 27.7 Å². The molecule has 0 aliphatic heterocycles. The maximum atomic E-state index is 12.1. The molecule has 1 aromatic rings. The van der Waals surface area contributed by atoms with Crippen molar-refractivity contribution < 1.29 is 22.7 Å². The number of carbonyl (C=O) groups excluding carboxylic acids is 1. The summed E-state index contributed by atoms with van der Waals surface area (Å²) in [5.74, 6) is 0. The molecule has 0 radical (unpaired) electrons. The van der Waals surface area contributed by atoms with Crippen molar-refractivity contribution in [3.8, 4) is 0 Å². The van der Waals surface area contributed by atoms with E-state index in [2.05, 4.69) is 10.4 Å². The summed E-state index contributed by atoms with van der Waals surface area (Å²) >= 11 is 5.83. The van der Waals surface area contributed by atoms with Crippen LogP contribution in [0.15, 0.2) is 6.20 Å². The molecule has 0 saturated carbocycles. The van der Waals surface area contributed by atoms with Gasteiger partial charge in [0.05, 0.1) is 19.2 Å². The second-order valence-corrected chi connectivity index (χ2v) is 5.42. The van der Waals surface area contributed by atoms with Gasteiger partial charge in [-0.25, -0.2) is 4.79 Å². The van der Waals surface area contributed by atoms with E-state index in [9.17, 15) is 18.0 Å². The molecule has 20 heavy (non-hydrogen) atoms. The van der Waals surface area contributed by atoms with Gasteiger partial charge in [0, 0.05) is 0 Å². The van der Waals surface area contributed by atoms with Crippen LogP contribution < -0.4 is 5.32 Å². The number of hydrogen-bond acceptors (Lipinski definition) is 3. The van der Waals surface area contributed by atoms with Gasteiger partial charge in [-0.15, -0.1) is 0 Å². The molecule has 0 fully saturated rings. The lowest BCUT2D eigenvalue weighted by Crippen LogP contribution is -2.27. The smallest absolute Gasteiger partial charge is 0.412 e. The third-order valence-corrected chi connectivity index (χ3v) is 2.42. The van der Waals surface area contributed by atoms with Gasteiger partial charge in [-0.05, 0) is 20.8 Å². The predicted octanol–water partition coefficient (Wildman–Crippen LogP) is 3.84. The largest absolute Gasteiger partial charge is 0.444 e. The summed E-state index contributed by atoms with van der Waals surface area (Å²) < 4.78 is 42.3. The molecule has 0 aromatic carbocycles. The molecule has 0 unspecified atom stereocenters. The van der Waals surface area contributed by atoms with E-state index < -0.39 is 30.8 Å². The molecule has 0 spiro atoms. The lowest BCUT2D eigenvalue weighted by Gasteiger charge is -2.19. The number of carbonyl (C=O) groups is 1. The van der Waals surface area contributed by atoms with E-state index in [1.165, 1.54) is 6.20 Å². The molecule has 0 aliphatic carbocycles. The molecule has 5 nitrogen and oxygen atoms in total. The minimum absolute atomic E-state index is 0.0832. The third kappa shape index (κ3) is 5.68. The molecule has 1 aromatic heterocycles. The summed E-state index contributed by atoms with van der Waals surface area (Å²) in [5.41, 5.74) is -0.592. The minimum Gasteiger partial charge on any atom is -0.444 e. The monoisotopic (exact) mass is 313 g/mol. The Balaban J connectivity index is 2.65. The molecular formula is C11H15ClF3N3O2. The van der Waals surface area contributed by atoms with Crippen LogP contribution in [-0.2, 0) is 11.3 Å². The van der Waals surface area contributed by atoms with Crippen LogP contribution in [0.25, 0.3) is 0 Å². The normalized spacial score (nSPS) is 12.3. The molecule has 114 valence electrons. The van der Waals surface area contributed by atoms with Gasteiger partial charge in [0.1, 0.15) is 11.3 Å². The van der Waals surface area contributed by atoms with Gasteiger partial charge in [0.25, 0.3) is 0 Å². The SMILES string of the molecule is CC(C)(C)OC(=O)Nc1cnn(CCC(F)(F)F)c1Cl. The lowest BCUT2D eigenvalue weighted by molar-refractivity contribution is -0.137. The van der Waals surface area contributed by atoms with Gasteiger partial charge in [0.15, 0.2) is 5.15 Å². The number of aromatic nitrogens is 2. The first kappa shape index (κ1) is 16.6. The highest BCUT2D eigenvalue weighted by molar-refractivity contribution is 6.32. The van der Waals surface area contributed by atoms with Crippen LogP contribution in [0.4, 0.5) is 23.7 Å². The van der Waals surface area contributed by atoms with E-state index in [0.717, 1.165) is 4.68 Å². The zero-order valence-electron chi connectivity index (χ0n) is 11.2. The van der Waals surface area contributed by atoms with Crippen molar-refractivity contribution in [2.75, 3.05) is 5.32 Å². The highest BCUT2D eigenvalue weighted by atomic mass is 35.5. The second kappa shape index (κ2) is 5.90. The predicted molar refractivity (Wildman–Crippen MR) is 67.8 cm³/mol. The van der Waals surface area contributed by atoms with E-state index in [-0.39, 0.29) is 10.8 Å². The van der Waals surface area contributed by atoms with Crippen LogP contribution in [0, 0.1) is 0 Å². The zero-order chi connectivity index (χ0) is 15.6. The Morgan fingerprint density at radius 3 is 2.55 bits per heavy atom. The Kier molecular flexibility index (Phi) is 4.90. The van der Waals surface area contributed by atoms with Crippen molar-refractivity contribution in [1.82, 2.24) is 9.78 Å². The third-order valence-electron chi connectivity index (χ3n) is 2.02. The number of aryl methyl sites for hydroxylation is 1. The molecule has 0 saturated heterocycles. The second-order valence-electron chi connectivity index (χ2n) is 5.06. The molecule has 1 heterocycles. The van der Waals surface area contributed by atoms with Gasteiger partial charge in [-0.3, -0.25) is 10.00 Å².